The second-order valence-electron chi connectivity index (χ2n) is 6.03. The Hall–Kier alpha value is -1.42. The number of rotatable bonds is 6. The number of fused-ring (bicyclic) bond motifs is 1. The molecular formula is C18H26N2OS. The monoisotopic (exact) mass is 318 g/mol. The Morgan fingerprint density at radius 1 is 1.27 bits per heavy atom. The maximum absolute atomic E-state index is 12.0. The zero-order valence-electron chi connectivity index (χ0n) is 14.1. The van der Waals surface area contributed by atoms with E-state index < -0.39 is 0 Å². The highest BCUT2D eigenvalue weighted by molar-refractivity contribution is 7.16. The lowest BCUT2D eigenvalue weighted by Crippen LogP contribution is -2.16. The van der Waals surface area contributed by atoms with Gasteiger partial charge in [-0.3, -0.25) is 4.79 Å². The molecule has 120 valence electrons. The van der Waals surface area contributed by atoms with Crippen LogP contribution in [0.2, 0.25) is 0 Å². The summed E-state index contributed by atoms with van der Waals surface area (Å²) in [5.74, 6) is 0.514. The van der Waals surface area contributed by atoms with Crippen molar-refractivity contribution in [2.24, 2.45) is 4.99 Å². The average molecular weight is 318 g/mol. The van der Waals surface area contributed by atoms with Crippen LogP contribution < -0.4 is 4.80 Å². The molecule has 4 heteroatoms. The first-order valence-corrected chi connectivity index (χ1v) is 9.09. The highest BCUT2D eigenvalue weighted by atomic mass is 32.1. The van der Waals surface area contributed by atoms with E-state index in [1.165, 1.54) is 15.8 Å². The van der Waals surface area contributed by atoms with Crippen molar-refractivity contribution in [3.05, 3.63) is 28.6 Å². The molecule has 2 rings (SSSR count). The average Bonchev–Trinajstić information content (AvgIpc) is 2.82. The fraction of sp³-hybridized carbons (Fsp3) is 0.556. The van der Waals surface area contributed by atoms with Crippen molar-refractivity contribution in [3.8, 4) is 0 Å². The maximum atomic E-state index is 12.0. The zero-order chi connectivity index (χ0) is 16.1. The van der Waals surface area contributed by atoms with Gasteiger partial charge in [-0.25, -0.2) is 0 Å². The predicted octanol–water partition coefficient (Wildman–Crippen LogP) is 4.85. The minimum absolute atomic E-state index is 0.00217. The Labute approximate surface area is 136 Å². The molecule has 0 spiro atoms. The third-order valence-electron chi connectivity index (χ3n) is 3.79. The summed E-state index contributed by atoms with van der Waals surface area (Å²) in [5.41, 5.74) is 2.53. The molecule has 0 radical (unpaired) electrons. The third-order valence-corrected chi connectivity index (χ3v) is 4.83. The van der Waals surface area contributed by atoms with E-state index in [-0.39, 0.29) is 5.91 Å². The third kappa shape index (κ3) is 3.86. The number of carbonyl (C=O) groups excluding carboxylic acids is 1. The van der Waals surface area contributed by atoms with Crippen LogP contribution in [0.5, 0.6) is 0 Å². The molecule has 0 aliphatic rings. The summed E-state index contributed by atoms with van der Waals surface area (Å²) in [5, 5.41) is 0. The van der Waals surface area contributed by atoms with Crippen molar-refractivity contribution in [2.45, 2.75) is 65.8 Å². The molecular weight excluding hydrogens is 292 g/mol. The Kier molecular flexibility index (Phi) is 5.95. The van der Waals surface area contributed by atoms with Gasteiger partial charge in [0.2, 0.25) is 5.91 Å². The fourth-order valence-electron chi connectivity index (χ4n) is 2.46. The molecule has 1 heterocycles. The maximum Gasteiger partial charge on any atom is 0.248 e. The van der Waals surface area contributed by atoms with Crippen LogP contribution in [0.15, 0.2) is 23.2 Å². The van der Waals surface area contributed by atoms with Gasteiger partial charge in [0.05, 0.1) is 10.2 Å². The first-order valence-electron chi connectivity index (χ1n) is 8.27. The lowest BCUT2D eigenvalue weighted by Gasteiger charge is -2.06. The van der Waals surface area contributed by atoms with Gasteiger partial charge in [0.1, 0.15) is 0 Å². The molecule has 0 aliphatic carbocycles. The van der Waals surface area contributed by atoms with E-state index in [2.05, 4.69) is 55.5 Å². The second-order valence-corrected chi connectivity index (χ2v) is 7.04. The van der Waals surface area contributed by atoms with Crippen LogP contribution in [0.25, 0.3) is 10.2 Å². The van der Waals surface area contributed by atoms with Crippen molar-refractivity contribution in [1.82, 2.24) is 4.57 Å². The molecule has 0 atom stereocenters. The van der Waals surface area contributed by atoms with Crippen LogP contribution in [0, 0.1) is 0 Å². The van der Waals surface area contributed by atoms with Gasteiger partial charge in [-0.05, 0) is 36.5 Å². The molecule has 1 aromatic heterocycles. The first kappa shape index (κ1) is 16.9. The number of unbranched alkanes of at least 4 members (excludes halogenated alkanes) is 1. The van der Waals surface area contributed by atoms with Crippen molar-refractivity contribution in [1.29, 1.82) is 0 Å². The van der Waals surface area contributed by atoms with E-state index >= 15 is 0 Å². The number of carbonyl (C=O) groups is 1. The molecule has 0 N–H and O–H groups in total. The molecule has 0 bridgehead atoms. The molecule has 1 amide bonds. The van der Waals surface area contributed by atoms with Crippen molar-refractivity contribution in [3.63, 3.8) is 0 Å². The Balaban J connectivity index is 2.50. The first-order chi connectivity index (χ1) is 10.6. The number of hydrogen-bond acceptors (Lipinski definition) is 2. The number of aromatic nitrogens is 1. The second kappa shape index (κ2) is 7.73. The van der Waals surface area contributed by atoms with E-state index in [9.17, 15) is 4.79 Å². The molecule has 1 aromatic carbocycles. The number of thiazole rings is 1. The minimum atomic E-state index is 0.00217. The highest BCUT2D eigenvalue weighted by Gasteiger charge is 2.09. The number of aryl methyl sites for hydroxylation is 1. The number of hydrogen-bond donors (Lipinski definition) is 0. The Morgan fingerprint density at radius 3 is 2.68 bits per heavy atom. The van der Waals surface area contributed by atoms with E-state index in [0.29, 0.717) is 12.3 Å². The van der Waals surface area contributed by atoms with Gasteiger partial charge in [-0.2, -0.15) is 4.99 Å². The van der Waals surface area contributed by atoms with E-state index in [1.807, 2.05) is 0 Å². The molecule has 0 saturated heterocycles. The summed E-state index contributed by atoms with van der Waals surface area (Å²) in [6.07, 6.45) is 3.53. The molecule has 0 aliphatic heterocycles. The quantitative estimate of drug-likeness (QED) is 0.749. The van der Waals surface area contributed by atoms with E-state index in [1.54, 1.807) is 11.3 Å². The largest absolute Gasteiger partial charge is 0.316 e. The summed E-state index contributed by atoms with van der Waals surface area (Å²) < 4.78 is 3.41. The van der Waals surface area contributed by atoms with Crippen LogP contribution >= 0.6 is 11.3 Å². The van der Waals surface area contributed by atoms with Gasteiger partial charge in [0.25, 0.3) is 0 Å². The summed E-state index contributed by atoms with van der Waals surface area (Å²) >= 11 is 1.63. The fourth-order valence-corrected chi connectivity index (χ4v) is 3.59. The lowest BCUT2D eigenvalue weighted by atomic mass is 10.0. The van der Waals surface area contributed by atoms with Gasteiger partial charge >= 0.3 is 0 Å². The van der Waals surface area contributed by atoms with Crippen LogP contribution in [0.1, 0.15) is 64.9 Å². The minimum Gasteiger partial charge on any atom is -0.316 e. The van der Waals surface area contributed by atoms with Gasteiger partial charge in [0.15, 0.2) is 4.80 Å². The zero-order valence-corrected chi connectivity index (χ0v) is 14.9. The number of benzene rings is 1. The van der Waals surface area contributed by atoms with Crippen LogP contribution in [0.3, 0.4) is 0 Å². The number of nitrogens with zero attached hydrogens (tertiary/aromatic N) is 2. The van der Waals surface area contributed by atoms with Gasteiger partial charge in [-0.1, -0.05) is 51.5 Å². The standard InChI is InChI=1S/C18H26N2OS/c1-5-7-8-17(21)19-18-20(11-6-2)15-10-9-14(13(3)4)12-16(15)22-18/h9-10,12-13H,5-8,11H2,1-4H3. The van der Waals surface area contributed by atoms with Crippen LogP contribution in [0.4, 0.5) is 0 Å². The SMILES string of the molecule is CCCCC(=O)N=c1sc2cc(C(C)C)ccc2n1CCC. The summed E-state index contributed by atoms with van der Waals surface area (Å²) in [7, 11) is 0. The topological polar surface area (TPSA) is 34.4 Å². The van der Waals surface area contributed by atoms with Crippen molar-refractivity contribution in [2.75, 3.05) is 0 Å². The molecule has 2 aromatic rings. The van der Waals surface area contributed by atoms with Crippen molar-refractivity contribution < 1.29 is 4.79 Å². The highest BCUT2D eigenvalue weighted by Crippen LogP contribution is 2.23. The van der Waals surface area contributed by atoms with Crippen LogP contribution in [-0.4, -0.2) is 10.5 Å². The Bertz CT molecular complexity index is 709. The molecule has 0 saturated carbocycles. The summed E-state index contributed by atoms with van der Waals surface area (Å²) in [4.78, 5) is 17.2. The van der Waals surface area contributed by atoms with Gasteiger partial charge in [0, 0.05) is 13.0 Å². The molecule has 3 nitrogen and oxygen atoms in total. The summed E-state index contributed by atoms with van der Waals surface area (Å²) in [6, 6.07) is 6.60. The van der Waals surface area contributed by atoms with Gasteiger partial charge in [-0.15, -0.1) is 0 Å². The van der Waals surface area contributed by atoms with Crippen molar-refractivity contribution >= 4 is 27.5 Å². The normalized spacial score (nSPS) is 12.5. The number of amides is 1. The molecule has 0 unspecified atom stereocenters. The smallest absolute Gasteiger partial charge is 0.248 e. The summed E-state index contributed by atoms with van der Waals surface area (Å²) in [6.45, 7) is 9.56. The van der Waals surface area contributed by atoms with E-state index in [4.69, 9.17) is 0 Å². The predicted molar refractivity (Wildman–Crippen MR) is 94.3 cm³/mol. The van der Waals surface area contributed by atoms with Crippen LogP contribution in [-0.2, 0) is 11.3 Å². The Morgan fingerprint density at radius 2 is 2.05 bits per heavy atom. The lowest BCUT2D eigenvalue weighted by molar-refractivity contribution is -0.118. The molecule has 22 heavy (non-hydrogen) atoms. The van der Waals surface area contributed by atoms with E-state index in [0.717, 1.165) is 30.6 Å². The molecule has 0 fully saturated rings. The van der Waals surface area contributed by atoms with Gasteiger partial charge < -0.3 is 4.57 Å².